The third-order valence-electron chi connectivity index (χ3n) is 4.11. The second-order valence-electron chi connectivity index (χ2n) is 5.46. The van der Waals surface area contributed by atoms with E-state index in [1.54, 1.807) is 6.33 Å². The van der Waals surface area contributed by atoms with Crippen molar-refractivity contribution in [2.24, 2.45) is 17.8 Å². The molecule has 94 valence electrons. The molecule has 1 aromatic rings. The van der Waals surface area contributed by atoms with Crippen LogP contribution >= 0.6 is 0 Å². The highest BCUT2D eigenvalue weighted by Crippen LogP contribution is 2.48. The zero-order valence-electron chi connectivity index (χ0n) is 10.6. The van der Waals surface area contributed by atoms with Crippen LogP contribution < -0.4 is 5.32 Å². The molecule has 0 spiro atoms. The SMILES string of the molecule is CCn1ncnc1CNCC(C1CC1)C1CC1. The first-order valence-electron chi connectivity index (χ1n) is 6.96. The maximum Gasteiger partial charge on any atom is 0.140 e. The van der Waals surface area contributed by atoms with E-state index in [-0.39, 0.29) is 0 Å². The molecule has 17 heavy (non-hydrogen) atoms. The molecule has 2 aliphatic rings. The van der Waals surface area contributed by atoms with E-state index in [1.165, 1.54) is 32.2 Å². The lowest BCUT2D eigenvalue weighted by molar-refractivity contribution is 0.374. The van der Waals surface area contributed by atoms with Crippen LogP contribution in [0.4, 0.5) is 0 Å². The lowest BCUT2D eigenvalue weighted by Crippen LogP contribution is -2.26. The lowest BCUT2D eigenvalue weighted by atomic mass is 9.98. The highest BCUT2D eigenvalue weighted by atomic mass is 15.3. The monoisotopic (exact) mass is 234 g/mol. The van der Waals surface area contributed by atoms with E-state index < -0.39 is 0 Å². The van der Waals surface area contributed by atoms with Crippen LogP contribution in [-0.4, -0.2) is 21.3 Å². The van der Waals surface area contributed by atoms with Gasteiger partial charge in [0.2, 0.25) is 0 Å². The summed E-state index contributed by atoms with van der Waals surface area (Å²) in [6, 6.07) is 0. The summed E-state index contributed by atoms with van der Waals surface area (Å²) in [5.74, 6) is 4.06. The molecule has 0 amide bonds. The Kier molecular flexibility index (Phi) is 3.14. The summed E-state index contributed by atoms with van der Waals surface area (Å²) in [4.78, 5) is 4.29. The van der Waals surface area contributed by atoms with Crippen molar-refractivity contribution in [3.63, 3.8) is 0 Å². The van der Waals surface area contributed by atoms with Gasteiger partial charge in [0.25, 0.3) is 0 Å². The van der Waals surface area contributed by atoms with E-state index in [1.807, 2.05) is 4.68 Å². The summed E-state index contributed by atoms with van der Waals surface area (Å²) in [6.45, 7) is 5.05. The number of hydrogen-bond donors (Lipinski definition) is 1. The molecule has 0 aromatic carbocycles. The molecule has 0 saturated heterocycles. The van der Waals surface area contributed by atoms with Crippen LogP contribution in [0, 0.1) is 17.8 Å². The molecule has 2 saturated carbocycles. The minimum absolute atomic E-state index is 0.865. The highest BCUT2D eigenvalue weighted by Gasteiger charge is 2.40. The van der Waals surface area contributed by atoms with E-state index in [2.05, 4.69) is 22.3 Å². The third-order valence-corrected chi connectivity index (χ3v) is 4.11. The summed E-state index contributed by atoms with van der Waals surface area (Å²) in [7, 11) is 0. The van der Waals surface area contributed by atoms with Crippen LogP contribution in [0.25, 0.3) is 0 Å². The largest absolute Gasteiger partial charge is 0.310 e. The zero-order chi connectivity index (χ0) is 11.7. The van der Waals surface area contributed by atoms with Crippen LogP contribution in [0.2, 0.25) is 0 Å². The normalized spacial score (nSPS) is 20.1. The van der Waals surface area contributed by atoms with Crippen LogP contribution in [0.3, 0.4) is 0 Å². The Balaban J connectivity index is 1.47. The Morgan fingerprint density at radius 1 is 1.35 bits per heavy atom. The third kappa shape index (κ3) is 2.68. The molecule has 4 nitrogen and oxygen atoms in total. The molecule has 2 aliphatic carbocycles. The van der Waals surface area contributed by atoms with Crippen molar-refractivity contribution in [3.8, 4) is 0 Å². The van der Waals surface area contributed by atoms with E-state index in [0.717, 1.165) is 36.7 Å². The molecule has 2 fully saturated rings. The van der Waals surface area contributed by atoms with Crippen molar-refractivity contribution in [1.29, 1.82) is 0 Å². The first-order valence-corrected chi connectivity index (χ1v) is 6.96. The van der Waals surface area contributed by atoms with Crippen molar-refractivity contribution in [2.45, 2.75) is 45.7 Å². The molecule has 1 heterocycles. The van der Waals surface area contributed by atoms with Gasteiger partial charge in [0.05, 0.1) is 6.54 Å². The Labute approximate surface area is 103 Å². The first-order chi connectivity index (χ1) is 8.38. The van der Waals surface area contributed by atoms with Crippen LogP contribution in [0.5, 0.6) is 0 Å². The van der Waals surface area contributed by atoms with Gasteiger partial charge in [0.1, 0.15) is 12.2 Å². The van der Waals surface area contributed by atoms with Gasteiger partial charge in [-0.15, -0.1) is 0 Å². The van der Waals surface area contributed by atoms with Gasteiger partial charge in [-0.2, -0.15) is 5.10 Å². The number of rotatable bonds is 7. The van der Waals surface area contributed by atoms with Gasteiger partial charge < -0.3 is 5.32 Å². The maximum atomic E-state index is 4.29. The van der Waals surface area contributed by atoms with E-state index >= 15 is 0 Å². The second kappa shape index (κ2) is 4.77. The average Bonchev–Trinajstić information content (AvgIpc) is 3.24. The fourth-order valence-corrected chi connectivity index (χ4v) is 2.81. The summed E-state index contributed by atoms with van der Waals surface area (Å²) in [5, 5.41) is 7.77. The standard InChI is InChI=1S/C13H22N4/c1-2-17-13(15-9-16-17)8-14-7-12(10-3-4-10)11-5-6-11/h9-12,14H,2-8H2,1H3. The van der Waals surface area contributed by atoms with Gasteiger partial charge in [-0.1, -0.05) is 0 Å². The molecule has 0 radical (unpaired) electrons. The summed E-state index contributed by atoms with van der Waals surface area (Å²) in [5.41, 5.74) is 0. The fraction of sp³-hybridized carbons (Fsp3) is 0.846. The summed E-state index contributed by atoms with van der Waals surface area (Å²) >= 11 is 0. The first kappa shape index (κ1) is 11.2. The van der Waals surface area contributed by atoms with Gasteiger partial charge in [0, 0.05) is 6.54 Å². The van der Waals surface area contributed by atoms with E-state index in [9.17, 15) is 0 Å². The van der Waals surface area contributed by atoms with Crippen molar-refractivity contribution in [3.05, 3.63) is 12.2 Å². The number of nitrogens with one attached hydrogen (secondary N) is 1. The number of aryl methyl sites for hydroxylation is 1. The quantitative estimate of drug-likeness (QED) is 0.782. The number of aromatic nitrogens is 3. The Morgan fingerprint density at radius 3 is 2.65 bits per heavy atom. The summed E-state index contributed by atoms with van der Waals surface area (Å²) in [6.07, 6.45) is 7.52. The zero-order valence-corrected chi connectivity index (χ0v) is 10.6. The Bertz CT molecular complexity index is 353. The second-order valence-corrected chi connectivity index (χ2v) is 5.46. The van der Waals surface area contributed by atoms with Gasteiger partial charge in [-0.3, -0.25) is 0 Å². The van der Waals surface area contributed by atoms with Gasteiger partial charge in [-0.25, -0.2) is 9.67 Å². The topological polar surface area (TPSA) is 42.7 Å². The number of nitrogens with zero attached hydrogens (tertiary/aromatic N) is 3. The van der Waals surface area contributed by atoms with Crippen LogP contribution in [-0.2, 0) is 13.1 Å². The molecular formula is C13H22N4. The maximum absolute atomic E-state index is 4.29. The predicted octanol–water partition coefficient (Wildman–Crippen LogP) is 1.82. The van der Waals surface area contributed by atoms with Crippen LogP contribution in [0.1, 0.15) is 38.4 Å². The molecule has 1 N–H and O–H groups in total. The highest BCUT2D eigenvalue weighted by molar-refractivity contribution is 4.93. The molecular weight excluding hydrogens is 212 g/mol. The van der Waals surface area contributed by atoms with Crippen molar-refractivity contribution >= 4 is 0 Å². The minimum atomic E-state index is 0.865. The average molecular weight is 234 g/mol. The Hall–Kier alpha value is -0.900. The molecule has 0 aliphatic heterocycles. The van der Waals surface area contributed by atoms with E-state index in [4.69, 9.17) is 0 Å². The van der Waals surface area contributed by atoms with Crippen LogP contribution in [0.15, 0.2) is 6.33 Å². The predicted molar refractivity (Wildman–Crippen MR) is 66.3 cm³/mol. The van der Waals surface area contributed by atoms with Crippen molar-refractivity contribution in [1.82, 2.24) is 20.1 Å². The summed E-state index contributed by atoms with van der Waals surface area (Å²) < 4.78 is 1.97. The molecule has 0 atom stereocenters. The molecule has 0 unspecified atom stereocenters. The Morgan fingerprint density at radius 2 is 2.06 bits per heavy atom. The van der Waals surface area contributed by atoms with Crippen molar-refractivity contribution in [2.75, 3.05) is 6.54 Å². The fourth-order valence-electron chi connectivity index (χ4n) is 2.81. The minimum Gasteiger partial charge on any atom is -0.310 e. The van der Waals surface area contributed by atoms with Crippen molar-refractivity contribution < 1.29 is 0 Å². The molecule has 3 rings (SSSR count). The van der Waals surface area contributed by atoms with Gasteiger partial charge in [-0.05, 0) is 56.9 Å². The van der Waals surface area contributed by atoms with Gasteiger partial charge in [0.15, 0.2) is 0 Å². The van der Waals surface area contributed by atoms with E-state index in [0.29, 0.717) is 0 Å². The van der Waals surface area contributed by atoms with Gasteiger partial charge >= 0.3 is 0 Å². The molecule has 0 bridgehead atoms. The molecule has 1 aromatic heterocycles. The molecule has 4 heteroatoms. The smallest absolute Gasteiger partial charge is 0.140 e. The number of hydrogen-bond acceptors (Lipinski definition) is 3. The lowest BCUT2D eigenvalue weighted by Gasteiger charge is -2.16.